The fourth-order valence-electron chi connectivity index (χ4n) is 1.59. The predicted octanol–water partition coefficient (Wildman–Crippen LogP) is 2.06. The Balaban J connectivity index is 1.80. The molecule has 0 saturated carbocycles. The SMILES string of the molecule is O=C(O)Cc1ccc(CNCc2cccnc2)s1. The molecule has 0 aromatic carbocycles. The van der Waals surface area contributed by atoms with Crippen LogP contribution >= 0.6 is 11.3 Å². The maximum Gasteiger partial charge on any atom is 0.308 e. The lowest BCUT2D eigenvalue weighted by atomic mass is 10.3. The number of hydrogen-bond donors (Lipinski definition) is 2. The molecule has 0 saturated heterocycles. The molecule has 0 atom stereocenters. The molecule has 0 aliphatic rings. The molecule has 94 valence electrons. The highest BCUT2D eigenvalue weighted by molar-refractivity contribution is 7.12. The number of aromatic nitrogens is 1. The summed E-state index contributed by atoms with van der Waals surface area (Å²) in [6.45, 7) is 1.51. The average molecular weight is 262 g/mol. The minimum Gasteiger partial charge on any atom is -0.481 e. The molecule has 2 rings (SSSR count). The fraction of sp³-hybridized carbons (Fsp3) is 0.231. The maximum atomic E-state index is 10.6. The van der Waals surface area contributed by atoms with Crippen LogP contribution in [0.2, 0.25) is 0 Å². The molecule has 0 aliphatic heterocycles. The van der Waals surface area contributed by atoms with Crippen molar-refractivity contribution in [3.63, 3.8) is 0 Å². The monoisotopic (exact) mass is 262 g/mol. The zero-order chi connectivity index (χ0) is 12.8. The highest BCUT2D eigenvalue weighted by Crippen LogP contribution is 2.16. The second-order valence-corrected chi connectivity index (χ2v) is 5.16. The summed E-state index contributed by atoms with van der Waals surface area (Å²) in [6.07, 6.45) is 3.69. The first-order valence-corrected chi connectivity index (χ1v) is 6.44. The third-order valence-electron chi connectivity index (χ3n) is 2.39. The van der Waals surface area contributed by atoms with Crippen molar-refractivity contribution in [2.24, 2.45) is 0 Å². The Bertz CT molecular complexity index is 511. The van der Waals surface area contributed by atoms with E-state index in [9.17, 15) is 4.79 Å². The van der Waals surface area contributed by atoms with E-state index in [-0.39, 0.29) is 6.42 Å². The Morgan fingerprint density at radius 1 is 1.28 bits per heavy atom. The second-order valence-electron chi connectivity index (χ2n) is 3.90. The number of carbonyl (C=O) groups is 1. The van der Waals surface area contributed by atoms with Crippen molar-refractivity contribution in [3.8, 4) is 0 Å². The van der Waals surface area contributed by atoms with E-state index in [1.807, 2.05) is 30.5 Å². The maximum absolute atomic E-state index is 10.6. The first-order chi connectivity index (χ1) is 8.74. The molecule has 0 amide bonds. The molecule has 2 aromatic heterocycles. The third-order valence-corrected chi connectivity index (χ3v) is 3.48. The van der Waals surface area contributed by atoms with Crippen LogP contribution in [0.5, 0.6) is 0 Å². The number of hydrogen-bond acceptors (Lipinski definition) is 4. The van der Waals surface area contributed by atoms with Crippen molar-refractivity contribution in [3.05, 3.63) is 52.0 Å². The molecular weight excluding hydrogens is 248 g/mol. The second kappa shape index (κ2) is 6.28. The Hall–Kier alpha value is -1.72. The Morgan fingerprint density at radius 2 is 2.11 bits per heavy atom. The molecule has 2 heterocycles. The number of carboxylic acids is 1. The minimum atomic E-state index is -0.785. The summed E-state index contributed by atoms with van der Waals surface area (Å²) in [4.78, 5) is 16.6. The fourth-order valence-corrected chi connectivity index (χ4v) is 2.57. The van der Waals surface area contributed by atoms with Crippen LogP contribution in [-0.4, -0.2) is 16.1 Å². The van der Waals surface area contributed by atoms with E-state index < -0.39 is 5.97 Å². The lowest BCUT2D eigenvalue weighted by molar-refractivity contribution is -0.136. The van der Waals surface area contributed by atoms with E-state index in [4.69, 9.17) is 5.11 Å². The van der Waals surface area contributed by atoms with Gasteiger partial charge in [0.05, 0.1) is 6.42 Å². The van der Waals surface area contributed by atoms with Crippen LogP contribution in [-0.2, 0) is 24.3 Å². The molecule has 4 nitrogen and oxygen atoms in total. The van der Waals surface area contributed by atoms with Gasteiger partial charge in [-0.15, -0.1) is 11.3 Å². The molecule has 0 radical (unpaired) electrons. The first kappa shape index (κ1) is 12.7. The van der Waals surface area contributed by atoms with Gasteiger partial charge in [0.25, 0.3) is 0 Å². The normalized spacial score (nSPS) is 10.4. The van der Waals surface area contributed by atoms with Gasteiger partial charge >= 0.3 is 5.97 Å². The topological polar surface area (TPSA) is 62.2 Å². The Morgan fingerprint density at radius 3 is 2.83 bits per heavy atom. The predicted molar refractivity (Wildman–Crippen MR) is 70.4 cm³/mol. The zero-order valence-electron chi connectivity index (χ0n) is 9.80. The van der Waals surface area contributed by atoms with Crippen molar-refractivity contribution in [1.29, 1.82) is 0 Å². The van der Waals surface area contributed by atoms with Gasteiger partial charge in [-0.25, -0.2) is 0 Å². The quantitative estimate of drug-likeness (QED) is 0.836. The third kappa shape index (κ3) is 3.94. The van der Waals surface area contributed by atoms with Gasteiger partial charge in [0.2, 0.25) is 0 Å². The molecule has 2 aromatic rings. The summed E-state index contributed by atoms with van der Waals surface area (Å²) >= 11 is 1.54. The van der Waals surface area contributed by atoms with Gasteiger partial charge in [0.15, 0.2) is 0 Å². The largest absolute Gasteiger partial charge is 0.481 e. The minimum absolute atomic E-state index is 0.104. The molecule has 18 heavy (non-hydrogen) atoms. The molecule has 0 aliphatic carbocycles. The summed E-state index contributed by atoms with van der Waals surface area (Å²) in [5.74, 6) is -0.785. The van der Waals surface area contributed by atoms with E-state index >= 15 is 0 Å². The van der Waals surface area contributed by atoms with Crippen molar-refractivity contribution in [1.82, 2.24) is 10.3 Å². The van der Waals surface area contributed by atoms with Crippen LogP contribution in [0.4, 0.5) is 0 Å². The summed E-state index contributed by atoms with van der Waals surface area (Å²) in [5.41, 5.74) is 1.14. The summed E-state index contributed by atoms with van der Waals surface area (Å²) in [6, 6.07) is 7.77. The van der Waals surface area contributed by atoms with Gasteiger partial charge in [-0.1, -0.05) is 6.07 Å². The molecule has 0 unspecified atom stereocenters. The van der Waals surface area contributed by atoms with Gasteiger partial charge in [0, 0.05) is 35.2 Å². The van der Waals surface area contributed by atoms with E-state index in [2.05, 4.69) is 10.3 Å². The summed E-state index contributed by atoms with van der Waals surface area (Å²) in [5, 5.41) is 12.0. The zero-order valence-corrected chi connectivity index (χ0v) is 10.6. The highest BCUT2D eigenvalue weighted by Gasteiger charge is 2.04. The average Bonchev–Trinajstić information content (AvgIpc) is 2.77. The lowest BCUT2D eigenvalue weighted by Gasteiger charge is -2.02. The molecule has 0 fully saturated rings. The summed E-state index contributed by atoms with van der Waals surface area (Å²) in [7, 11) is 0. The number of rotatable bonds is 6. The van der Waals surface area contributed by atoms with Gasteiger partial charge in [-0.3, -0.25) is 9.78 Å². The smallest absolute Gasteiger partial charge is 0.308 e. The molecular formula is C13H14N2O2S. The van der Waals surface area contributed by atoms with Crippen LogP contribution in [0.3, 0.4) is 0 Å². The van der Waals surface area contributed by atoms with Gasteiger partial charge in [0.1, 0.15) is 0 Å². The number of carboxylic acid groups (broad SMARTS) is 1. The Kier molecular flexibility index (Phi) is 4.44. The van der Waals surface area contributed by atoms with Gasteiger partial charge in [-0.05, 0) is 23.8 Å². The van der Waals surface area contributed by atoms with Crippen molar-refractivity contribution >= 4 is 17.3 Å². The van der Waals surface area contributed by atoms with Crippen LogP contribution in [0.15, 0.2) is 36.7 Å². The Labute approximate surface area is 109 Å². The van der Waals surface area contributed by atoms with Crippen LogP contribution in [0.1, 0.15) is 15.3 Å². The first-order valence-electron chi connectivity index (χ1n) is 5.63. The summed E-state index contributed by atoms with van der Waals surface area (Å²) < 4.78 is 0. The van der Waals surface area contributed by atoms with Crippen LogP contribution < -0.4 is 5.32 Å². The number of aliphatic carboxylic acids is 1. The molecule has 5 heteroatoms. The number of pyridine rings is 1. The lowest BCUT2D eigenvalue weighted by Crippen LogP contribution is -2.11. The van der Waals surface area contributed by atoms with E-state index in [1.165, 1.54) is 11.3 Å². The van der Waals surface area contributed by atoms with Crippen molar-refractivity contribution in [2.75, 3.05) is 0 Å². The van der Waals surface area contributed by atoms with E-state index in [0.717, 1.165) is 28.4 Å². The molecule has 0 spiro atoms. The van der Waals surface area contributed by atoms with Crippen LogP contribution in [0.25, 0.3) is 0 Å². The van der Waals surface area contributed by atoms with Crippen molar-refractivity contribution in [2.45, 2.75) is 19.5 Å². The van der Waals surface area contributed by atoms with Crippen LogP contribution in [0, 0.1) is 0 Å². The van der Waals surface area contributed by atoms with Gasteiger partial charge < -0.3 is 10.4 Å². The number of thiophene rings is 1. The molecule has 0 bridgehead atoms. The standard InChI is InChI=1S/C13H14N2O2S/c16-13(17)6-11-3-4-12(18-11)9-15-8-10-2-1-5-14-7-10/h1-5,7,15H,6,8-9H2,(H,16,17). The van der Waals surface area contributed by atoms with E-state index in [1.54, 1.807) is 6.20 Å². The van der Waals surface area contributed by atoms with Gasteiger partial charge in [-0.2, -0.15) is 0 Å². The number of nitrogens with zero attached hydrogens (tertiary/aromatic N) is 1. The number of nitrogens with one attached hydrogen (secondary N) is 1. The van der Waals surface area contributed by atoms with Crippen molar-refractivity contribution < 1.29 is 9.90 Å². The van der Waals surface area contributed by atoms with E-state index in [0.29, 0.717) is 0 Å². The highest BCUT2D eigenvalue weighted by atomic mass is 32.1. The molecule has 2 N–H and O–H groups in total.